The molecule has 26 heavy (non-hydrogen) atoms. The van der Waals surface area contributed by atoms with Crippen molar-refractivity contribution in [3.05, 3.63) is 90.0 Å². The lowest BCUT2D eigenvalue weighted by Gasteiger charge is -2.08. The predicted molar refractivity (Wildman–Crippen MR) is 102 cm³/mol. The maximum atomic E-state index is 12.3. The molecule has 3 aromatic carbocycles. The highest BCUT2D eigenvalue weighted by molar-refractivity contribution is 6.06. The molecule has 0 fully saturated rings. The summed E-state index contributed by atoms with van der Waals surface area (Å²) >= 11 is 0. The molecule has 3 rings (SSSR count). The van der Waals surface area contributed by atoms with Gasteiger partial charge in [0.15, 0.2) is 0 Å². The number of nitrogens with one attached hydrogen (secondary N) is 2. The second-order valence-corrected chi connectivity index (χ2v) is 5.58. The van der Waals surface area contributed by atoms with Crippen molar-refractivity contribution in [3.8, 4) is 5.75 Å². The van der Waals surface area contributed by atoms with Crippen LogP contribution in [0, 0.1) is 0 Å². The van der Waals surface area contributed by atoms with Gasteiger partial charge >= 0.3 is 0 Å². The minimum atomic E-state index is -0.237. The number of methoxy groups -OCH3 is 1. The average Bonchev–Trinajstić information content (AvgIpc) is 2.69. The van der Waals surface area contributed by atoms with E-state index in [1.807, 2.05) is 6.07 Å². The van der Waals surface area contributed by atoms with Crippen molar-refractivity contribution in [1.82, 2.24) is 0 Å². The molecule has 3 aromatic rings. The lowest BCUT2D eigenvalue weighted by molar-refractivity contribution is 0.102. The molecular formula is C21H18N2O3. The van der Waals surface area contributed by atoms with Crippen LogP contribution in [0.2, 0.25) is 0 Å². The maximum Gasteiger partial charge on any atom is 0.255 e. The molecule has 0 aliphatic heterocycles. The van der Waals surface area contributed by atoms with Gasteiger partial charge in [-0.15, -0.1) is 0 Å². The zero-order valence-electron chi connectivity index (χ0n) is 14.2. The fourth-order valence-electron chi connectivity index (χ4n) is 2.40. The Hall–Kier alpha value is -3.60. The molecule has 0 bridgehead atoms. The fourth-order valence-corrected chi connectivity index (χ4v) is 2.40. The monoisotopic (exact) mass is 346 g/mol. The van der Waals surface area contributed by atoms with Crippen LogP contribution in [0.25, 0.3) is 0 Å². The predicted octanol–water partition coefficient (Wildman–Crippen LogP) is 4.20. The molecule has 0 spiro atoms. The van der Waals surface area contributed by atoms with Crippen molar-refractivity contribution >= 4 is 23.2 Å². The number of amides is 2. The van der Waals surface area contributed by atoms with Crippen molar-refractivity contribution < 1.29 is 14.3 Å². The van der Waals surface area contributed by atoms with Gasteiger partial charge in [-0.1, -0.05) is 24.3 Å². The normalized spacial score (nSPS) is 10.0. The molecule has 0 atom stereocenters. The summed E-state index contributed by atoms with van der Waals surface area (Å²) in [6, 6.07) is 22.8. The third-order valence-corrected chi connectivity index (χ3v) is 3.77. The summed E-state index contributed by atoms with van der Waals surface area (Å²) < 4.78 is 5.14. The molecule has 2 N–H and O–H groups in total. The van der Waals surface area contributed by atoms with E-state index in [2.05, 4.69) is 10.6 Å². The molecule has 0 unspecified atom stereocenters. The van der Waals surface area contributed by atoms with Gasteiger partial charge in [-0.25, -0.2) is 0 Å². The number of anilines is 2. The van der Waals surface area contributed by atoms with E-state index in [0.29, 0.717) is 28.3 Å². The highest BCUT2D eigenvalue weighted by Crippen LogP contribution is 2.18. The second kappa shape index (κ2) is 7.98. The van der Waals surface area contributed by atoms with Gasteiger partial charge in [0.1, 0.15) is 5.75 Å². The topological polar surface area (TPSA) is 67.4 Å². The van der Waals surface area contributed by atoms with E-state index in [0.717, 1.165) is 0 Å². The Labute approximate surface area is 151 Å². The fraction of sp³-hybridized carbons (Fsp3) is 0.0476. The number of carbonyl (C=O) groups is 2. The van der Waals surface area contributed by atoms with Crippen molar-refractivity contribution in [2.45, 2.75) is 0 Å². The van der Waals surface area contributed by atoms with E-state index in [1.165, 1.54) is 0 Å². The minimum absolute atomic E-state index is 0.195. The quantitative estimate of drug-likeness (QED) is 0.727. The summed E-state index contributed by atoms with van der Waals surface area (Å²) in [5.41, 5.74) is 2.34. The SMILES string of the molecule is COc1cccc(NC(=O)c2ccc(NC(=O)c3ccccc3)cc2)c1. The molecule has 0 aliphatic rings. The van der Waals surface area contributed by atoms with Crippen LogP contribution in [0.4, 0.5) is 11.4 Å². The van der Waals surface area contributed by atoms with Crippen molar-refractivity contribution in [3.63, 3.8) is 0 Å². The molecule has 2 amide bonds. The minimum Gasteiger partial charge on any atom is -0.497 e. The standard InChI is InChI=1S/C21H18N2O3/c1-26-19-9-5-8-18(14-19)23-21(25)16-10-12-17(13-11-16)22-20(24)15-6-3-2-4-7-15/h2-14H,1H3,(H,22,24)(H,23,25). The Kier molecular flexibility index (Phi) is 5.29. The van der Waals surface area contributed by atoms with Gasteiger partial charge in [0.2, 0.25) is 0 Å². The van der Waals surface area contributed by atoms with Crippen LogP contribution >= 0.6 is 0 Å². The van der Waals surface area contributed by atoms with Gasteiger partial charge < -0.3 is 15.4 Å². The van der Waals surface area contributed by atoms with Crippen LogP contribution in [0.1, 0.15) is 20.7 Å². The van der Waals surface area contributed by atoms with Gasteiger partial charge in [-0.3, -0.25) is 9.59 Å². The first-order valence-electron chi connectivity index (χ1n) is 8.07. The van der Waals surface area contributed by atoms with Crippen LogP contribution < -0.4 is 15.4 Å². The van der Waals surface area contributed by atoms with Gasteiger partial charge in [-0.05, 0) is 48.5 Å². The third kappa shape index (κ3) is 4.27. The summed E-state index contributed by atoms with van der Waals surface area (Å²) in [5.74, 6) is 0.236. The van der Waals surface area contributed by atoms with Crippen LogP contribution in [0.5, 0.6) is 5.75 Å². The third-order valence-electron chi connectivity index (χ3n) is 3.77. The molecule has 0 radical (unpaired) electrons. The van der Waals surface area contributed by atoms with Crippen LogP contribution in [-0.2, 0) is 0 Å². The van der Waals surface area contributed by atoms with E-state index >= 15 is 0 Å². The lowest BCUT2D eigenvalue weighted by Crippen LogP contribution is -2.13. The number of ether oxygens (including phenoxy) is 1. The zero-order chi connectivity index (χ0) is 18.4. The molecule has 5 nitrogen and oxygen atoms in total. The van der Waals surface area contributed by atoms with Crippen molar-refractivity contribution in [1.29, 1.82) is 0 Å². The Morgan fingerprint density at radius 3 is 1.96 bits per heavy atom. The maximum absolute atomic E-state index is 12.3. The molecule has 0 heterocycles. The summed E-state index contributed by atoms with van der Waals surface area (Å²) in [6.45, 7) is 0. The van der Waals surface area contributed by atoms with Gasteiger partial charge in [0, 0.05) is 28.6 Å². The average molecular weight is 346 g/mol. The van der Waals surface area contributed by atoms with Gasteiger partial charge in [0.05, 0.1) is 7.11 Å². The number of benzene rings is 3. The summed E-state index contributed by atoms with van der Waals surface area (Å²) in [5, 5.41) is 5.61. The molecule has 0 saturated carbocycles. The largest absolute Gasteiger partial charge is 0.497 e. The lowest BCUT2D eigenvalue weighted by atomic mass is 10.1. The van der Waals surface area contributed by atoms with E-state index in [-0.39, 0.29) is 11.8 Å². The van der Waals surface area contributed by atoms with Crippen LogP contribution in [0.15, 0.2) is 78.9 Å². The highest BCUT2D eigenvalue weighted by Gasteiger charge is 2.08. The van der Waals surface area contributed by atoms with Crippen molar-refractivity contribution in [2.24, 2.45) is 0 Å². The van der Waals surface area contributed by atoms with E-state index in [4.69, 9.17) is 4.74 Å². The zero-order valence-corrected chi connectivity index (χ0v) is 14.2. The number of hydrogen-bond acceptors (Lipinski definition) is 3. The number of rotatable bonds is 5. The Morgan fingerprint density at radius 1 is 0.692 bits per heavy atom. The number of carbonyl (C=O) groups excluding carboxylic acids is 2. The smallest absolute Gasteiger partial charge is 0.255 e. The van der Waals surface area contributed by atoms with Crippen LogP contribution in [0.3, 0.4) is 0 Å². The highest BCUT2D eigenvalue weighted by atomic mass is 16.5. The summed E-state index contributed by atoms with van der Waals surface area (Å²) in [7, 11) is 1.57. The van der Waals surface area contributed by atoms with Crippen LogP contribution in [-0.4, -0.2) is 18.9 Å². The Balaban J connectivity index is 1.65. The molecule has 5 heteroatoms. The Bertz CT molecular complexity index is 906. The summed E-state index contributed by atoms with van der Waals surface area (Å²) in [6.07, 6.45) is 0. The molecule has 0 aromatic heterocycles. The molecular weight excluding hydrogens is 328 g/mol. The number of hydrogen-bond donors (Lipinski definition) is 2. The summed E-state index contributed by atoms with van der Waals surface area (Å²) in [4.78, 5) is 24.5. The Morgan fingerprint density at radius 2 is 1.31 bits per heavy atom. The molecule has 0 saturated heterocycles. The van der Waals surface area contributed by atoms with Crippen molar-refractivity contribution in [2.75, 3.05) is 17.7 Å². The van der Waals surface area contributed by atoms with Gasteiger partial charge in [0.25, 0.3) is 11.8 Å². The van der Waals surface area contributed by atoms with E-state index < -0.39 is 0 Å². The van der Waals surface area contributed by atoms with E-state index in [1.54, 1.807) is 79.9 Å². The van der Waals surface area contributed by atoms with Gasteiger partial charge in [-0.2, -0.15) is 0 Å². The first-order valence-corrected chi connectivity index (χ1v) is 8.07. The first-order chi connectivity index (χ1) is 12.7. The molecule has 130 valence electrons. The van der Waals surface area contributed by atoms with E-state index in [9.17, 15) is 9.59 Å². The first kappa shape index (κ1) is 17.2. The molecule has 0 aliphatic carbocycles. The second-order valence-electron chi connectivity index (χ2n) is 5.58.